The quantitative estimate of drug-likeness (QED) is 0.0263. The van der Waals surface area contributed by atoms with Gasteiger partial charge in [0.15, 0.2) is 11.6 Å². The average Bonchev–Trinajstić information content (AvgIpc) is 3.60. The van der Waals surface area contributed by atoms with E-state index in [0.717, 1.165) is 0 Å². The summed E-state index contributed by atoms with van der Waals surface area (Å²) in [6.07, 6.45) is 0.509. The van der Waals surface area contributed by atoms with Crippen LogP contribution in [0.1, 0.15) is 57.9 Å². The molecule has 0 amide bonds. The third-order valence-corrected chi connectivity index (χ3v) is 8.64. The van der Waals surface area contributed by atoms with Gasteiger partial charge in [0.25, 0.3) is 10.0 Å². The number of aliphatic imine (C=N–C) groups is 1. The molecule has 5 unspecified atom stereocenters. The van der Waals surface area contributed by atoms with E-state index in [1.165, 1.54) is 42.1 Å². The highest BCUT2D eigenvalue weighted by Crippen LogP contribution is 2.27. The Bertz CT molecular complexity index is 1390. The summed E-state index contributed by atoms with van der Waals surface area (Å²) in [5.41, 5.74) is 30.1. The smallest absolute Gasteiger partial charge is 0.347 e. The fraction of sp³-hybridized carbons (Fsp3) is 0.630. The normalized spacial score (nSPS) is 21.6. The van der Waals surface area contributed by atoms with Crippen LogP contribution in [0.2, 0.25) is 0 Å². The van der Waals surface area contributed by atoms with E-state index in [2.05, 4.69) is 15.2 Å². The molecule has 0 radical (unpaired) electrons. The Hall–Kier alpha value is -3.43. The lowest BCUT2D eigenvalue weighted by atomic mass is 10.1. The van der Waals surface area contributed by atoms with Crippen LogP contribution in [-0.2, 0) is 33.9 Å². The van der Waals surface area contributed by atoms with Crippen LogP contribution >= 0.6 is 0 Å². The third-order valence-electron chi connectivity index (χ3n) is 7.29. The van der Waals surface area contributed by atoms with Crippen LogP contribution in [0.25, 0.3) is 0 Å². The van der Waals surface area contributed by atoms with Crippen molar-refractivity contribution < 1.29 is 37.0 Å². The molecular weight excluding hydrogens is 624 g/mol. The highest BCUT2D eigenvalue weighted by molar-refractivity contribution is 7.89. The monoisotopic (exact) mass is 670 g/mol. The number of nitrogens with two attached hydrogens (primary N) is 5. The van der Waals surface area contributed by atoms with Crippen LogP contribution in [0.3, 0.4) is 0 Å². The van der Waals surface area contributed by atoms with Crippen molar-refractivity contribution in [2.75, 3.05) is 19.6 Å². The first-order valence-electron chi connectivity index (χ1n) is 15.0. The Labute approximate surface area is 268 Å². The Morgan fingerprint density at radius 2 is 1.59 bits per heavy atom. The summed E-state index contributed by atoms with van der Waals surface area (Å²) in [5.74, 6) is -2.38. The fourth-order valence-corrected chi connectivity index (χ4v) is 6.21. The number of nitrogens with one attached hydrogen (secondary N) is 2. The van der Waals surface area contributed by atoms with Gasteiger partial charge >= 0.3 is 17.9 Å². The maximum atomic E-state index is 13.7. The van der Waals surface area contributed by atoms with Gasteiger partial charge in [0, 0.05) is 25.7 Å². The van der Waals surface area contributed by atoms with Crippen molar-refractivity contribution in [2.24, 2.45) is 33.7 Å². The average molecular weight is 671 g/mol. The number of hydrogen-bond donors (Lipinski definition) is 7. The fourth-order valence-electron chi connectivity index (χ4n) is 5.07. The summed E-state index contributed by atoms with van der Waals surface area (Å²) in [7, 11) is -4.23. The van der Waals surface area contributed by atoms with Crippen molar-refractivity contribution in [2.45, 2.75) is 94.4 Å². The minimum Gasteiger partial charge on any atom is -0.446 e. The molecule has 0 saturated carbocycles. The van der Waals surface area contributed by atoms with Crippen LogP contribution in [0.15, 0.2) is 28.1 Å². The highest BCUT2D eigenvalue weighted by atomic mass is 32.2. The zero-order valence-corrected chi connectivity index (χ0v) is 27.1. The van der Waals surface area contributed by atoms with E-state index in [-0.39, 0.29) is 42.5 Å². The summed E-state index contributed by atoms with van der Waals surface area (Å²) in [4.78, 5) is 44.9. The number of benzene rings is 1. The number of aryl methyl sites for hydroxylation is 1. The molecule has 12 N–H and O–H groups in total. The number of guanidine groups is 1. The molecule has 2 saturated heterocycles. The van der Waals surface area contributed by atoms with Crippen molar-refractivity contribution in [1.29, 1.82) is 0 Å². The van der Waals surface area contributed by atoms with Crippen molar-refractivity contribution in [3.05, 3.63) is 23.8 Å². The molecule has 0 aliphatic carbocycles. The number of carbonyl (C=O) groups is 3. The van der Waals surface area contributed by atoms with E-state index < -0.39 is 58.1 Å². The van der Waals surface area contributed by atoms with Gasteiger partial charge in [-0.25, -0.2) is 28.7 Å². The molecule has 1 aromatic carbocycles. The Morgan fingerprint density at radius 3 is 2.15 bits per heavy atom. The molecule has 2 aliphatic rings. The predicted octanol–water partition coefficient (Wildman–Crippen LogP) is -2.07. The first-order valence-corrected chi connectivity index (χ1v) is 16.4. The van der Waals surface area contributed by atoms with Gasteiger partial charge in [0.05, 0.1) is 4.90 Å². The van der Waals surface area contributed by atoms with E-state index in [4.69, 9.17) is 42.9 Å². The van der Waals surface area contributed by atoms with Crippen LogP contribution in [0.4, 0.5) is 0 Å². The minimum absolute atomic E-state index is 0.0272. The summed E-state index contributed by atoms with van der Waals surface area (Å²) in [5, 5.41) is 2.78. The van der Waals surface area contributed by atoms with Crippen LogP contribution in [0, 0.1) is 6.92 Å². The van der Waals surface area contributed by atoms with Crippen LogP contribution in [0.5, 0.6) is 5.75 Å². The molecule has 19 heteroatoms. The first-order chi connectivity index (χ1) is 21.5. The third kappa shape index (κ3) is 10.0. The summed E-state index contributed by atoms with van der Waals surface area (Å²) in [6.45, 7) is 5.42. The number of sulfonamides is 1. The maximum absolute atomic E-state index is 13.7. The van der Waals surface area contributed by atoms with Gasteiger partial charge in [-0.05, 0) is 70.9 Å². The molecule has 0 bridgehead atoms. The number of rotatable bonds is 15. The Morgan fingerprint density at radius 1 is 1.02 bits per heavy atom. The molecule has 5 atom stereocenters. The van der Waals surface area contributed by atoms with Gasteiger partial charge in [0.2, 0.25) is 0 Å². The zero-order chi connectivity index (χ0) is 34.2. The molecule has 258 valence electrons. The SMILES string of the molecule is Cc1ccc(S(=O)(=O)NN2CCCC2C(=O)OC(C)N)cc1OC(=O)C(N)(CCCN=C(N)N)NN1CCCC1C(=O)OC(C)N. The van der Waals surface area contributed by atoms with Gasteiger partial charge in [0.1, 0.15) is 30.3 Å². The minimum atomic E-state index is -4.23. The number of hydrogen-bond acceptors (Lipinski definition) is 15. The molecule has 46 heavy (non-hydrogen) atoms. The number of hydrazine groups is 2. The van der Waals surface area contributed by atoms with Gasteiger partial charge in [-0.2, -0.15) is 0 Å². The second kappa shape index (κ2) is 15.9. The van der Waals surface area contributed by atoms with E-state index in [9.17, 15) is 22.8 Å². The largest absolute Gasteiger partial charge is 0.446 e. The van der Waals surface area contributed by atoms with Gasteiger partial charge in [-0.15, -0.1) is 4.83 Å². The summed E-state index contributed by atoms with van der Waals surface area (Å²) >= 11 is 0. The summed E-state index contributed by atoms with van der Waals surface area (Å²) < 4.78 is 42.6. The second-order valence-electron chi connectivity index (χ2n) is 11.4. The van der Waals surface area contributed by atoms with E-state index in [0.29, 0.717) is 37.8 Å². The highest BCUT2D eigenvalue weighted by Gasteiger charge is 2.43. The van der Waals surface area contributed by atoms with Gasteiger partial charge < -0.3 is 31.4 Å². The number of esters is 3. The second-order valence-corrected chi connectivity index (χ2v) is 13.1. The number of nitrogens with zero attached hydrogens (tertiary/aromatic N) is 3. The molecule has 3 rings (SSSR count). The Balaban J connectivity index is 1.82. The molecule has 2 heterocycles. The maximum Gasteiger partial charge on any atom is 0.347 e. The molecule has 1 aromatic rings. The van der Waals surface area contributed by atoms with Gasteiger partial charge in [-0.3, -0.25) is 26.0 Å². The lowest BCUT2D eigenvalue weighted by Crippen LogP contribution is -2.67. The first kappa shape index (κ1) is 37.0. The van der Waals surface area contributed by atoms with Crippen molar-refractivity contribution in [1.82, 2.24) is 20.3 Å². The molecule has 0 spiro atoms. The lowest BCUT2D eigenvalue weighted by molar-refractivity contribution is -0.158. The topological polar surface area (TPSA) is 286 Å². The number of carbonyl (C=O) groups excluding carboxylic acids is 3. The van der Waals surface area contributed by atoms with E-state index in [1.807, 2.05) is 0 Å². The zero-order valence-electron chi connectivity index (χ0n) is 26.3. The molecule has 2 aliphatic heterocycles. The van der Waals surface area contributed by atoms with E-state index in [1.54, 1.807) is 6.92 Å². The Kier molecular flexibility index (Phi) is 12.8. The molecular formula is C27H46N10O8S. The predicted molar refractivity (Wildman–Crippen MR) is 166 cm³/mol. The van der Waals surface area contributed by atoms with Crippen LogP contribution in [-0.4, -0.2) is 92.1 Å². The van der Waals surface area contributed by atoms with Crippen molar-refractivity contribution >= 4 is 33.9 Å². The molecule has 0 aromatic heterocycles. The molecule has 18 nitrogen and oxygen atoms in total. The van der Waals surface area contributed by atoms with Crippen molar-refractivity contribution in [3.8, 4) is 5.75 Å². The van der Waals surface area contributed by atoms with Crippen molar-refractivity contribution in [3.63, 3.8) is 0 Å². The standard InChI is InChI=1S/C27H46N10O8S/c1-16-9-10-19(46(41,42)35-37-14-5-8-21(37)24(39)44-18(3)29)15-22(16)45-25(40)27(32,11-6-12-33-26(30)31)34-36-13-4-7-20(36)23(38)43-17(2)28/h9-10,15,17-18,20-21,34-35H,4-8,11-14,28-29,32H2,1-3H3,(H4,30,31,33). The summed E-state index contributed by atoms with van der Waals surface area (Å²) in [6, 6.07) is 2.36. The number of ether oxygens (including phenoxy) is 3. The molecule has 2 fully saturated rings. The van der Waals surface area contributed by atoms with Gasteiger partial charge in [-0.1, -0.05) is 6.07 Å². The van der Waals surface area contributed by atoms with E-state index >= 15 is 0 Å². The van der Waals surface area contributed by atoms with Crippen LogP contribution < -0.4 is 43.7 Å². The lowest BCUT2D eigenvalue weighted by Gasteiger charge is -2.35.